The van der Waals surface area contributed by atoms with Crippen LogP contribution < -0.4 is 4.74 Å². The molecule has 1 fully saturated rings. The van der Waals surface area contributed by atoms with Crippen LogP contribution in [0.5, 0.6) is 5.75 Å². The first kappa shape index (κ1) is 13.6. The van der Waals surface area contributed by atoms with Crippen molar-refractivity contribution in [1.82, 2.24) is 0 Å². The molecule has 2 rings (SSSR count). The maximum Gasteiger partial charge on any atom is 0.307 e. The zero-order valence-electron chi connectivity index (χ0n) is 9.97. The Morgan fingerprint density at radius 1 is 1.53 bits per heavy atom. The molecule has 0 amide bonds. The van der Waals surface area contributed by atoms with Crippen LogP contribution in [0.2, 0.25) is 5.02 Å². The van der Waals surface area contributed by atoms with Gasteiger partial charge in [-0.15, -0.1) is 0 Å². The largest absolute Gasteiger partial charge is 0.485 e. The second kappa shape index (κ2) is 5.05. The quantitative estimate of drug-likeness (QED) is 0.663. The second-order valence-corrected chi connectivity index (χ2v) is 4.99. The first-order valence-electron chi connectivity index (χ1n) is 5.77. The first-order valence-corrected chi connectivity index (χ1v) is 6.14. The summed E-state index contributed by atoms with van der Waals surface area (Å²) in [5.74, 6) is -0.647. The number of benzene rings is 1. The van der Waals surface area contributed by atoms with Gasteiger partial charge in [-0.25, -0.2) is 0 Å². The van der Waals surface area contributed by atoms with E-state index in [-0.39, 0.29) is 22.9 Å². The Bertz CT molecular complexity index is 527. The van der Waals surface area contributed by atoms with Gasteiger partial charge in [-0.05, 0) is 25.3 Å². The van der Waals surface area contributed by atoms with Gasteiger partial charge in [0.25, 0.3) is 5.69 Å². The molecule has 0 spiro atoms. The number of aliphatic carboxylic acids is 1. The Morgan fingerprint density at radius 3 is 2.63 bits per heavy atom. The Kier molecular flexibility index (Phi) is 3.61. The molecule has 0 bridgehead atoms. The zero-order valence-corrected chi connectivity index (χ0v) is 10.7. The number of hydrogen-bond donors (Lipinski definition) is 1. The lowest BCUT2D eigenvalue weighted by Gasteiger charge is -2.40. The van der Waals surface area contributed by atoms with Crippen molar-refractivity contribution in [2.75, 3.05) is 0 Å². The highest BCUT2D eigenvalue weighted by molar-refractivity contribution is 6.32. The number of carboxylic acid groups (broad SMARTS) is 1. The molecule has 0 aromatic heterocycles. The Hall–Kier alpha value is -1.82. The summed E-state index contributed by atoms with van der Waals surface area (Å²) in [5, 5.41) is 19.6. The molecule has 0 heterocycles. The summed E-state index contributed by atoms with van der Waals surface area (Å²) in [6.07, 6.45) is 2.09. The molecule has 0 radical (unpaired) electrons. The third-order valence-electron chi connectivity index (χ3n) is 3.19. The maximum atomic E-state index is 10.8. The number of halogens is 1. The normalized spacial score (nSPS) is 16.5. The number of ether oxygens (including phenoxy) is 1. The SMILES string of the molecule is O=C(O)CC1(Oc2ccc([N+](=O)[O-])cc2Cl)CCC1. The molecular weight excluding hydrogens is 274 g/mol. The van der Waals surface area contributed by atoms with E-state index in [0.29, 0.717) is 12.8 Å². The van der Waals surface area contributed by atoms with Crippen LogP contribution in [0.4, 0.5) is 5.69 Å². The number of hydrogen-bond acceptors (Lipinski definition) is 4. The van der Waals surface area contributed by atoms with Crippen molar-refractivity contribution in [2.24, 2.45) is 0 Å². The summed E-state index contributed by atoms with van der Waals surface area (Å²) < 4.78 is 5.68. The van der Waals surface area contributed by atoms with Crippen molar-refractivity contribution < 1.29 is 19.6 Å². The van der Waals surface area contributed by atoms with Crippen molar-refractivity contribution in [2.45, 2.75) is 31.3 Å². The minimum atomic E-state index is -0.933. The first-order chi connectivity index (χ1) is 8.92. The average molecular weight is 286 g/mol. The molecule has 19 heavy (non-hydrogen) atoms. The van der Waals surface area contributed by atoms with Crippen LogP contribution in [0.3, 0.4) is 0 Å². The molecule has 1 aromatic carbocycles. The summed E-state index contributed by atoms with van der Waals surface area (Å²) in [4.78, 5) is 20.9. The average Bonchev–Trinajstić information content (AvgIpc) is 2.27. The molecule has 1 aliphatic carbocycles. The highest BCUT2D eigenvalue weighted by Gasteiger charge is 2.42. The van der Waals surface area contributed by atoms with Crippen molar-refractivity contribution in [3.8, 4) is 5.75 Å². The molecule has 1 saturated carbocycles. The highest BCUT2D eigenvalue weighted by atomic mass is 35.5. The van der Waals surface area contributed by atoms with Gasteiger partial charge >= 0.3 is 5.97 Å². The van der Waals surface area contributed by atoms with Gasteiger partial charge in [-0.3, -0.25) is 14.9 Å². The van der Waals surface area contributed by atoms with E-state index >= 15 is 0 Å². The fourth-order valence-electron chi connectivity index (χ4n) is 2.08. The fraction of sp³-hybridized carbons (Fsp3) is 0.417. The van der Waals surface area contributed by atoms with E-state index in [9.17, 15) is 14.9 Å². The van der Waals surface area contributed by atoms with E-state index in [0.717, 1.165) is 6.42 Å². The molecule has 0 atom stereocenters. The fourth-order valence-corrected chi connectivity index (χ4v) is 2.29. The van der Waals surface area contributed by atoms with E-state index in [4.69, 9.17) is 21.4 Å². The lowest BCUT2D eigenvalue weighted by atomic mass is 9.77. The third kappa shape index (κ3) is 2.96. The number of nitro groups is 1. The van der Waals surface area contributed by atoms with Crippen LogP contribution in [0.25, 0.3) is 0 Å². The molecule has 6 nitrogen and oxygen atoms in total. The molecule has 102 valence electrons. The van der Waals surface area contributed by atoms with Crippen LogP contribution in [-0.4, -0.2) is 21.6 Å². The van der Waals surface area contributed by atoms with E-state index in [1.807, 2.05) is 0 Å². The van der Waals surface area contributed by atoms with Crippen molar-refractivity contribution >= 4 is 23.3 Å². The van der Waals surface area contributed by atoms with Gasteiger partial charge in [0, 0.05) is 12.1 Å². The van der Waals surface area contributed by atoms with Gasteiger partial charge in [0.05, 0.1) is 16.4 Å². The molecule has 1 aromatic rings. The topological polar surface area (TPSA) is 89.7 Å². The van der Waals surface area contributed by atoms with Crippen LogP contribution >= 0.6 is 11.6 Å². The molecule has 1 N–H and O–H groups in total. The number of rotatable bonds is 5. The minimum absolute atomic E-state index is 0.0969. The molecule has 0 unspecified atom stereocenters. The van der Waals surface area contributed by atoms with E-state index < -0.39 is 16.5 Å². The Morgan fingerprint density at radius 2 is 2.21 bits per heavy atom. The molecule has 0 saturated heterocycles. The third-order valence-corrected chi connectivity index (χ3v) is 3.49. The summed E-state index contributed by atoms with van der Waals surface area (Å²) in [7, 11) is 0. The standard InChI is InChI=1S/C12H12ClNO5/c13-9-6-8(14(17)18)2-3-10(9)19-12(4-1-5-12)7-11(15)16/h2-3,6H,1,4-5,7H2,(H,15,16). The highest BCUT2D eigenvalue weighted by Crippen LogP contribution is 2.41. The van der Waals surface area contributed by atoms with E-state index in [1.165, 1.54) is 18.2 Å². The Labute approximate surface area is 114 Å². The van der Waals surface area contributed by atoms with Crippen molar-refractivity contribution in [1.29, 1.82) is 0 Å². The lowest BCUT2D eigenvalue weighted by Crippen LogP contribution is -2.45. The lowest BCUT2D eigenvalue weighted by molar-refractivity contribution is -0.384. The minimum Gasteiger partial charge on any atom is -0.485 e. The molecular formula is C12H12ClNO5. The van der Waals surface area contributed by atoms with Crippen LogP contribution in [0.1, 0.15) is 25.7 Å². The second-order valence-electron chi connectivity index (χ2n) is 4.58. The number of nitrogens with zero attached hydrogens (tertiary/aromatic N) is 1. The molecule has 0 aliphatic heterocycles. The predicted molar refractivity (Wildman–Crippen MR) is 67.6 cm³/mol. The molecule has 1 aliphatic rings. The van der Waals surface area contributed by atoms with Crippen LogP contribution in [0, 0.1) is 10.1 Å². The van der Waals surface area contributed by atoms with Gasteiger partial charge in [-0.1, -0.05) is 11.6 Å². The van der Waals surface area contributed by atoms with Crippen molar-refractivity contribution in [3.63, 3.8) is 0 Å². The number of non-ortho nitro benzene ring substituents is 1. The van der Waals surface area contributed by atoms with Crippen LogP contribution in [-0.2, 0) is 4.79 Å². The molecule has 7 heteroatoms. The van der Waals surface area contributed by atoms with Gasteiger partial charge in [-0.2, -0.15) is 0 Å². The number of nitro benzene ring substituents is 1. The number of carboxylic acids is 1. The van der Waals surface area contributed by atoms with Gasteiger partial charge in [0.2, 0.25) is 0 Å². The summed E-state index contributed by atoms with van der Waals surface area (Å²) in [6, 6.07) is 3.89. The predicted octanol–water partition coefficient (Wildman–Crippen LogP) is 3.02. The summed E-state index contributed by atoms with van der Waals surface area (Å²) in [5.41, 5.74) is -0.857. The monoisotopic (exact) mass is 285 g/mol. The Balaban J connectivity index is 2.18. The zero-order chi connectivity index (χ0) is 14.0. The van der Waals surface area contributed by atoms with Crippen LogP contribution in [0.15, 0.2) is 18.2 Å². The van der Waals surface area contributed by atoms with Crippen molar-refractivity contribution in [3.05, 3.63) is 33.3 Å². The van der Waals surface area contributed by atoms with Gasteiger partial charge < -0.3 is 9.84 Å². The maximum absolute atomic E-state index is 10.8. The summed E-state index contributed by atoms with van der Waals surface area (Å²) in [6.45, 7) is 0. The van der Waals surface area contributed by atoms with E-state index in [2.05, 4.69) is 0 Å². The van der Waals surface area contributed by atoms with E-state index in [1.54, 1.807) is 0 Å². The summed E-state index contributed by atoms with van der Waals surface area (Å²) >= 11 is 5.92. The number of carbonyl (C=O) groups is 1. The van der Waals surface area contributed by atoms with Gasteiger partial charge in [0.1, 0.15) is 11.4 Å². The smallest absolute Gasteiger partial charge is 0.307 e. The van der Waals surface area contributed by atoms with Gasteiger partial charge in [0.15, 0.2) is 0 Å².